The number of benzene rings is 2. The molecular formula is C16H18N2OS. The fourth-order valence-corrected chi connectivity index (χ4v) is 2.24. The maximum absolute atomic E-state index is 5.76. The summed E-state index contributed by atoms with van der Waals surface area (Å²) in [6.07, 6.45) is 0. The summed E-state index contributed by atoms with van der Waals surface area (Å²) in [5, 5.41) is 3.38. The van der Waals surface area contributed by atoms with Crippen LogP contribution in [0.5, 0.6) is 5.75 Å². The van der Waals surface area contributed by atoms with E-state index in [1.54, 1.807) is 7.11 Å². The highest BCUT2D eigenvalue weighted by Gasteiger charge is 2.07. The first-order valence-electron chi connectivity index (χ1n) is 6.38. The summed E-state index contributed by atoms with van der Waals surface area (Å²) < 4.78 is 5.34. The second kappa shape index (κ2) is 6.39. The molecule has 0 radical (unpaired) electrons. The lowest BCUT2D eigenvalue weighted by molar-refractivity contribution is 0.410. The van der Waals surface area contributed by atoms with Gasteiger partial charge in [0.05, 0.1) is 7.11 Å². The summed E-state index contributed by atoms with van der Waals surface area (Å²) in [5.74, 6) is 0.865. The van der Waals surface area contributed by atoms with Crippen molar-refractivity contribution in [3.63, 3.8) is 0 Å². The number of hydrogen-bond acceptors (Lipinski definition) is 3. The van der Waals surface area contributed by atoms with Crippen LogP contribution in [0.25, 0.3) is 0 Å². The minimum atomic E-state index is 0.396. The molecule has 4 heteroatoms. The summed E-state index contributed by atoms with van der Waals surface area (Å²) in [6.45, 7) is 2.70. The zero-order valence-electron chi connectivity index (χ0n) is 11.6. The third kappa shape index (κ3) is 3.27. The Balaban J connectivity index is 2.22. The Morgan fingerprint density at radius 3 is 2.70 bits per heavy atom. The lowest BCUT2D eigenvalue weighted by Crippen LogP contribution is -2.13. The molecule has 0 aliphatic rings. The molecule has 0 aliphatic carbocycles. The number of anilines is 1. The molecule has 0 aromatic heterocycles. The number of hydrogen-bond donors (Lipinski definition) is 2. The predicted molar refractivity (Wildman–Crippen MR) is 87.4 cm³/mol. The SMILES string of the molecule is COc1ccccc1CNc1cc(C)ccc1C(N)=S. The first kappa shape index (κ1) is 14.3. The van der Waals surface area contributed by atoms with Crippen LogP contribution in [0.1, 0.15) is 16.7 Å². The van der Waals surface area contributed by atoms with E-state index in [-0.39, 0.29) is 0 Å². The van der Waals surface area contributed by atoms with E-state index in [2.05, 4.69) is 5.32 Å². The van der Waals surface area contributed by atoms with Crippen LogP contribution in [0.2, 0.25) is 0 Å². The molecule has 0 spiro atoms. The van der Waals surface area contributed by atoms with Crippen LogP contribution in [0, 0.1) is 6.92 Å². The molecule has 0 heterocycles. The number of nitrogens with two attached hydrogens (primary N) is 1. The lowest BCUT2D eigenvalue weighted by Gasteiger charge is -2.14. The third-order valence-electron chi connectivity index (χ3n) is 3.10. The van der Waals surface area contributed by atoms with Crippen molar-refractivity contribution < 1.29 is 4.74 Å². The van der Waals surface area contributed by atoms with Crippen molar-refractivity contribution in [2.75, 3.05) is 12.4 Å². The van der Waals surface area contributed by atoms with Crippen LogP contribution in [0.15, 0.2) is 42.5 Å². The van der Waals surface area contributed by atoms with E-state index >= 15 is 0 Å². The summed E-state index contributed by atoms with van der Waals surface area (Å²) in [5.41, 5.74) is 9.81. The first-order chi connectivity index (χ1) is 9.61. The van der Waals surface area contributed by atoms with E-state index in [0.29, 0.717) is 11.5 Å². The third-order valence-corrected chi connectivity index (χ3v) is 3.32. The van der Waals surface area contributed by atoms with Gasteiger partial charge in [-0.15, -0.1) is 0 Å². The van der Waals surface area contributed by atoms with Crippen molar-refractivity contribution >= 4 is 22.9 Å². The minimum Gasteiger partial charge on any atom is -0.496 e. The van der Waals surface area contributed by atoms with Gasteiger partial charge in [-0.25, -0.2) is 0 Å². The van der Waals surface area contributed by atoms with Crippen molar-refractivity contribution in [3.05, 3.63) is 59.2 Å². The minimum absolute atomic E-state index is 0.396. The topological polar surface area (TPSA) is 47.3 Å². The Kier molecular flexibility index (Phi) is 4.58. The molecular weight excluding hydrogens is 268 g/mol. The van der Waals surface area contributed by atoms with Crippen molar-refractivity contribution in [2.45, 2.75) is 13.5 Å². The molecule has 0 saturated carbocycles. The van der Waals surface area contributed by atoms with Crippen LogP contribution in [-0.2, 0) is 6.54 Å². The van der Waals surface area contributed by atoms with Crippen LogP contribution in [0.3, 0.4) is 0 Å². The van der Waals surface area contributed by atoms with Crippen molar-refractivity contribution in [1.29, 1.82) is 0 Å². The Labute approximate surface area is 124 Å². The van der Waals surface area contributed by atoms with Crippen molar-refractivity contribution in [2.24, 2.45) is 5.73 Å². The van der Waals surface area contributed by atoms with Gasteiger partial charge in [-0.2, -0.15) is 0 Å². The largest absolute Gasteiger partial charge is 0.496 e. The molecule has 0 aliphatic heterocycles. The molecule has 20 heavy (non-hydrogen) atoms. The van der Waals surface area contributed by atoms with Crippen molar-refractivity contribution in [1.82, 2.24) is 0 Å². The highest BCUT2D eigenvalue weighted by atomic mass is 32.1. The summed E-state index contributed by atoms with van der Waals surface area (Å²) in [6, 6.07) is 13.9. The zero-order valence-corrected chi connectivity index (χ0v) is 12.5. The number of ether oxygens (including phenoxy) is 1. The van der Waals surface area contributed by atoms with Gasteiger partial charge in [0.1, 0.15) is 10.7 Å². The van der Waals surface area contributed by atoms with Crippen LogP contribution < -0.4 is 15.8 Å². The van der Waals surface area contributed by atoms with Gasteiger partial charge in [-0.3, -0.25) is 0 Å². The molecule has 0 atom stereocenters. The smallest absolute Gasteiger partial charge is 0.123 e. The maximum atomic E-state index is 5.76. The quantitative estimate of drug-likeness (QED) is 0.828. The zero-order chi connectivity index (χ0) is 14.5. The average molecular weight is 286 g/mol. The Bertz CT molecular complexity index is 626. The number of rotatable bonds is 5. The van der Waals surface area contributed by atoms with Gasteiger partial charge in [-0.1, -0.05) is 36.5 Å². The molecule has 3 N–H and O–H groups in total. The van der Waals surface area contributed by atoms with E-state index in [1.165, 1.54) is 0 Å². The van der Waals surface area contributed by atoms with Gasteiger partial charge in [0, 0.05) is 23.4 Å². The number of aryl methyl sites for hydroxylation is 1. The highest BCUT2D eigenvalue weighted by Crippen LogP contribution is 2.22. The van der Waals surface area contributed by atoms with Crippen LogP contribution >= 0.6 is 12.2 Å². The van der Waals surface area contributed by atoms with E-state index in [9.17, 15) is 0 Å². The number of methoxy groups -OCH3 is 1. The van der Waals surface area contributed by atoms with E-state index in [1.807, 2.05) is 49.4 Å². The first-order valence-corrected chi connectivity index (χ1v) is 6.79. The van der Waals surface area contributed by atoms with Gasteiger partial charge in [0.25, 0.3) is 0 Å². The van der Waals surface area contributed by atoms with Crippen LogP contribution in [-0.4, -0.2) is 12.1 Å². The van der Waals surface area contributed by atoms with E-state index < -0.39 is 0 Å². The fraction of sp³-hybridized carbons (Fsp3) is 0.188. The molecule has 3 nitrogen and oxygen atoms in total. The van der Waals surface area contributed by atoms with Gasteiger partial charge >= 0.3 is 0 Å². The molecule has 0 amide bonds. The Morgan fingerprint density at radius 1 is 1.25 bits per heavy atom. The Morgan fingerprint density at radius 2 is 2.00 bits per heavy atom. The number of nitrogens with one attached hydrogen (secondary N) is 1. The molecule has 0 bridgehead atoms. The summed E-state index contributed by atoms with van der Waals surface area (Å²) >= 11 is 5.09. The van der Waals surface area contributed by atoms with E-state index in [0.717, 1.165) is 28.1 Å². The fourth-order valence-electron chi connectivity index (χ4n) is 2.06. The standard InChI is InChI=1S/C16H18N2OS/c1-11-7-8-13(16(17)20)14(9-11)18-10-12-5-3-4-6-15(12)19-2/h3-9,18H,10H2,1-2H3,(H2,17,20). The van der Waals surface area contributed by atoms with Crippen LogP contribution in [0.4, 0.5) is 5.69 Å². The lowest BCUT2D eigenvalue weighted by atomic mass is 10.1. The molecule has 2 aromatic carbocycles. The Hall–Kier alpha value is -2.07. The molecule has 0 unspecified atom stereocenters. The molecule has 0 fully saturated rings. The van der Waals surface area contributed by atoms with Gasteiger partial charge < -0.3 is 15.8 Å². The van der Waals surface area contributed by atoms with Gasteiger partial charge in [0.15, 0.2) is 0 Å². The molecule has 104 valence electrons. The summed E-state index contributed by atoms with van der Waals surface area (Å²) in [4.78, 5) is 0.396. The molecule has 0 saturated heterocycles. The normalized spacial score (nSPS) is 10.1. The second-order valence-corrected chi connectivity index (χ2v) is 5.02. The predicted octanol–water partition coefficient (Wildman–Crippen LogP) is 3.25. The molecule has 2 rings (SSSR count). The second-order valence-electron chi connectivity index (χ2n) is 4.58. The highest BCUT2D eigenvalue weighted by molar-refractivity contribution is 7.80. The van der Waals surface area contributed by atoms with Gasteiger partial charge in [-0.05, 0) is 30.7 Å². The maximum Gasteiger partial charge on any atom is 0.123 e. The van der Waals surface area contributed by atoms with Gasteiger partial charge in [0.2, 0.25) is 0 Å². The van der Waals surface area contributed by atoms with E-state index in [4.69, 9.17) is 22.7 Å². The average Bonchev–Trinajstić information content (AvgIpc) is 2.45. The monoisotopic (exact) mass is 286 g/mol. The number of thiocarbonyl (C=S) groups is 1. The molecule has 2 aromatic rings. The van der Waals surface area contributed by atoms with Crippen molar-refractivity contribution in [3.8, 4) is 5.75 Å². The summed E-state index contributed by atoms with van der Waals surface area (Å²) in [7, 11) is 1.67. The number of para-hydroxylation sites is 1.